The molecule has 1 saturated carbocycles. The van der Waals surface area contributed by atoms with Crippen molar-refractivity contribution in [2.24, 2.45) is 11.3 Å². The maximum absolute atomic E-state index is 12.3. The van der Waals surface area contributed by atoms with Crippen LogP contribution in [0.5, 0.6) is 0 Å². The Morgan fingerprint density at radius 3 is 2.35 bits per heavy atom. The number of alkyl halides is 3. The van der Waals surface area contributed by atoms with Gasteiger partial charge in [0.1, 0.15) is 0 Å². The third-order valence-electron chi connectivity index (χ3n) is 4.47. The van der Waals surface area contributed by atoms with E-state index >= 15 is 0 Å². The molecule has 2 nitrogen and oxygen atoms in total. The van der Waals surface area contributed by atoms with Crippen molar-refractivity contribution >= 4 is 0 Å². The van der Waals surface area contributed by atoms with E-state index in [1.165, 1.54) is 12.8 Å². The van der Waals surface area contributed by atoms with Crippen LogP contribution in [0.3, 0.4) is 0 Å². The topological polar surface area (TPSA) is 15.3 Å². The summed E-state index contributed by atoms with van der Waals surface area (Å²) in [7, 11) is 1.82. The quantitative estimate of drug-likeness (QED) is 0.770. The summed E-state index contributed by atoms with van der Waals surface area (Å²) in [6.45, 7) is 7.06. The first-order valence-corrected chi connectivity index (χ1v) is 7.72. The van der Waals surface area contributed by atoms with Gasteiger partial charge in [0.25, 0.3) is 0 Å². The van der Waals surface area contributed by atoms with Crippen molar-refractivity contribution in [1.29, 1.82) is 0 Å². The summed E-state index contributed by atoms with van der Waals surface area (Å²) in [5.41, 5.74) is 0.156. The van der Waals surface area contributed by atoms with Gasteiger partial charge in [0.05, 0.1) is 6.42 Å². The minimum Gasteiger partial charge on any atom is -0.316 e. The van der Waals surface area contributed by atoms with Crippen molar-refractivity contribution in [3.8, 4) is 0 Å². The fraction of sp³-hybridized carbons (Fsp3) is 1.00. The van der Waals surface area contributed by atoms with E-state index in [2.05, 4.69) is 19.2 Å². The van der Waals surface area contributed by atoms with Crippen molar-refractivity contribution in [2.45, 2.75) is 52.1 Å². The number of halogens is 3. The Balaban J connectivity index is 2.51. The molecule has 1 N–H and O–H groups in total. The molecule has 0 aromatic heterocycles. The molecule has 20 heavy (non-hydrogen) atoms. The molecular weight excluding hydrogens is 265 g/mol. The summed E-state index contributed by atoms with van der Waals surface area (Å²) < 4.78 is 36.9. The second-order valence-corrected chi connectivity index (χ2v) is 6.57. The average Bonchev–Trinajstić information content (AvgIpc) is 2.37. The Kier molecular flexibility index (Phi) is 6.79. The summed E-state index contributed by atoms with van der Waals surface area (Å²) >= 11 is 0. The van der Waals surface area contributed by atoms with Crippen LogP contribution in [-0.2, 0) is 0 Å². The largest absolute Gasteiger partial charge is 0.390 e. The third-order valence-corrected chi connectivity index (χ3v) is 4.47. The van der Waals surface area contributed by atoms with Crippen LogP contribution < -0.4 is 5.32 Å². The normalized spacial score (nSPS) is 28.1. The van der Waals surface area contributed by atoms with Crippen LogP contribution in [0, 0.1) is 11.3 Å². The Bertz CT molecular complexity index is 265. The standard InChI is InChI=1S/C15H29F3N2/c1-4-19-11-14(7-5-13(2)6-8-14)12-20(3)10-9-15(16,17)18/h13,19H,4-12H2,1-3H3. The molecule has 0 aromatic rings. The lowest BCUT2D eigenvalue weighted by atomic mass is 9.70. The number of nitrogens with one attached hydrogen (secondary N) is 1. The highest BCUT2D eigenvalue weighted by Crippen LogP contribution is 2.39. The zero-order valence-electron chi connectivity index (χ0n) is 13.0. The molecule has 0 radical (unpaired) electrons. The predicted octanol–water partition coefficient (Wildman–Crippen LogP) is 3.68. The second-order valence-electron chi connectivity index (χ2n) is 6.57. The first kappa shape index (κ1) is 17.8. The molecule has 0 unspecified atom stereocenters. The van der Waals surface area contributed by atoms with Gasteiger partial charge >= 0.3 is 6.18 Å². The zero-order chi connectivity index (χ0) is 15.2. The number of rotatable bonds is 7. The Labute approximate surface area is 121 Å². The number of hydrogen-bond acceptors (Lipinski definition) is 2. The van der Waals surface area contributed by atoms with Crippen molar-refractivity contribution in [2.75, 3.05) is 33.2 Å². The minimum absolute atomic E-state index is 0.104. The Morgan fingerprint density at radius 1 is 1.25 bits per heavy atom. The molecular formula is C15H29F3N2. The molecule has 0 spiro atoms. The highest BCUT2D eigenvalue weighted by molar-refractivity contribution is 4.89. The van der Waals surface area contributed by atoms with Gasteiger partial charge in [0.2, 0.25) is 0 Å². The fourth-order valence-electron chi connectivity index (χ4n) is 3.12. The van der Waals surface area contributed by atoms with E-state index in [0.29, 0.717) is 0 Å². The van der Waals surface area contributed by atoms with Crippen LogP contribution in [-0.4, -0.2) is 44.3 Å². The fourth-order valence-corrected chi connectivity index (χ4v) is 3.12. The monoisotopic (exact) mass is 294 g/mol. The van der Waals surface area contributed by atoms with Gasteiger partial charge in [-0.1, -0.05) is 26.7 Å². The molecule has 0 heterocycles. The Morgan fingerprint density at radius 2 is 1.85 bits per heavy atom. The van der Waals surface area contributed by atoms with Crippen molar-refractivity contribution in [3.63, 3.8) is 0 Å². The van der Waals surface area contributed by atoms with Crippen molar-refractivity contribution < 1.29 is 13.2 Å². The van der Waals surface area contributed by atoms with Crippen molar-refractivity contribution in [1.82, 2.24) is 10.2 Å². The second kappa shape index (κ2) is 7.64. The van der Waals surface area contributed by atoms with Gasteiger partial charge in [0, 0.05) is 19.6 Å². The van der Waals surface area contributed by atoms with Crippen LogP contribution in [0.4, 0.5) is 13.2 Å². The van der Waals surface area contributed by atoms with E-state index in [1.807, 2.05) is 11.9 Å². The lowest BCUT2D eigenvalue weighted by Gasteiger charge is -2.42. The van der Waals surface area contributed by atoms with Crippen LogP contribution >= 0.6 is 0 Å². The molecule has 0 saturated heterocycles. The first-order valence-electron chi connectivity index (χ1n) is 7.72. The maximum atomic E-state index is 12.3. The molecule has 1 aliphatic rings. The lowest BCUT2D eigenvalue weighted by molar-refractivity contribution is -0.138. The van der Waals surface area contributed by atoms with Gasteiger partial charge in [-0.15, -0.1) is 0 Å². The van der Waals surface area contributed by atoms with E-state index in [0.717, 1.165) is 38.4 Å². The van der Waals surface area contributed by atoms with Gasteiger partial charge in [0.15, 0.2) is 0 Å². The van der Waals surface area contributed by atoms with Crippen LogP contribution in [0.15, 0.2) is 0 Å². The third kappa shape index (κ3) is 6.44. The highest BCUT2D eigenvalue weighted by atomic mass is 19.4. The molecule has 1 rings (SSSR count). The van der Waals surface area contributed by atoms with Gasteiger partial charge in [-0.05, 0) is 37.8 Å². The first-order chi connectivity index (χ1) is 9.26. The van der Waals surface area contributed by atoms with E-state index in [1.54, 1.807) is 0 Å². The summed E-state index contributed by atoms with van der Waals surface area (Å²) in [5.74, 6) is 0.755. The van der Waals surface area contributed by atoms with Crippen LogP contribution in [0.2, 0.25) is 0 Å². The van der Waals surface area contributed by atoms with E-state index in [4.69, 9.17) is 0 Å². The van der Waals surface area contributed by atoms with Crippen LogP contribution in [0.25, 0.3) is 0 Å². The molecule has 5 heteroatoms. The molecule has 1 aliphatic carbocycles. The molecule has 0 atom stereocenters. The molecule has 0 aromatic carbocycles. The minimum atomic E-state index is -4.05. The summed E-state index contributed by atoms with van der Waals surface area (Å²) in [6.07, 6.45) is -0.132. The maximum Gasteiger partial charge on any atom is 0.390 e. The smallest absolute Gasteiger partial charge is 0.316 e. The highest BCUT2D eigenvalue weighted by Gasteiger charge is 2.35. The number of nitrogens with zero attached hydrogens (tertiary/aromatic N) is 1. The zero-order valence-corrected chi connectivity index (χ0v) is 13.0. The molecule has 0 bridgehead atoms. The predicted molar refractivity (Wildman–Crippen MR) is 76.8 cm³/mol. The summed E-state index contributed by atoms with van der Waals surface area (Å²) in [4.78, 5) is 1.86. The molecule has 0 aliphatic heterocycles. The lowest BCUT2D eigenvalue weighted by Crippen LogP contribution is -2.45. The van der Waals surface area contributed by atoms with Crippen LogP contribution in [0.1, 0.15) is 46.0 Å². The van der Waals surface area contributed by atoms with Crippen molar-refractivity contribution in [3.05, 3.63) is 0 Å². The van der Waals surface area contributed by atoms with E-state index in [9.17, 15) is 13.2 Å². The van der Waals surface area contributed by atoms with Gasteiger partial charge < -0.3 is 10.2 Å². The van der Waals surface area contributed by atoms with Gasteiger partial charge in [-0.25, -0.2) is 0 Å². The van der Waals surface area contributed by atoms with E-state index < -0.39 is 12.6 Å². The SMILES string of the molecule is CCNCC1(CN(C)CCC(F)(F)F)CCC(C)CC1. The van der Waals surface area contributed by atoms with E-state index in [-0.39, 0.29) is 12.0 Å². The average molecular weight is 294 g/mol. The molecule has 1 fully saturated rings. The Hall–Kier alpha value is -0.290. The molecule has 0 amide bonds. The number of hydrogen-bond donors (Lipinski definition) is 1. The van der Waals surface area contributed by atoms with Gasteiger partial charge in [-0.3, -0.25) is 0 Å². The summed E-state index contributed by atoms with van der Waals surface area (Å²) in [6, 6.07) is 0. The van der Waals surface area contributed by atoms with Gasteiger partial charge in [-0.2, -0.15) is 13.2 Å². The molecule has 120 valence electrons. The summed E-state index contributed by atoms with van der Waals surface area (Å²) in [5, 5.41) is 3.40.